The highest BCUT2D eigenvalue weighted by Crippen LogP contribution is 2.18. The van der Waals surface area contributed by atoms with Gasteiger partial charge in [-0.25, -0.2) is 0 Å². The van der Waals surface area contributed by atoms with Gasteiger partial charge >= 0.3 is 0 Å². The van der Waals surface area contributed by atoms with Gasteiger partial charge in [0.15, 0.2) is 5.11 Å². The largest absolute Gasteiger partial charge is 0.496 e. The van der Waals surface area contributed by atoms with Crippen LogP contribution >= 0.6 is 23.8 Å². The van der Waals surface area contributed by atoms with E-state index < -0.39 is 0 Å². The third kappa shape index (κ3) is 5.20. The van der Waals surface area contributed by atoms with Gasteiger partial charge in [0.25, 0.3) is 0 Å². The smallest absolute Gasteiger partial charge is 0.170 e. The summed E-state index contributed by atoms with van der Waals surface area (Å²) >= 11 is 11.2. The van der Waals surface area contributed by atoms with Crippen LogP contribution in [0.3, 0.4) is 0 Å². The van der Waals surface area contributed by atoms with E-state index in [-0.39, 0.29) is 0 Å². The van der Waals surface area contributed by atoms with Crippen LogP contribution in [0.25, 0.3) is 0 Å². The van der Waals surface area contributed by atoms with Crippen molar-refractivity contribution >= 4 is 34.6 Å². The SMILES string of the molecule is COc1ccccc1CCCNC(=S)Nc1cccc(Cl)c1. The molecular formula is C17H19ClN2OS. The number of aryl methyl sites for hydroxylation is 1. The maximum atomic E-state index is 5.94. The van der Waals surface area contributed by atoms with E-state index in [9.17, 15) is 0 Å². The molecule has 0 saturated carbocycles. The number of halogens is 1. The predicted octanol–water partition coefficient (Wildman–Crippen LogP) is 4.27. The molecular weight excluding hydrogens is 316 g/mol. The molecule has 0 heterocycles. The van der Waals surface area contributed by atoms with Crippen LogP contribution in [0.5, 0.6) is 5.75 Å². The quantitative estimate of drug-likeness (QED) is 0.610. The molecule has 2 N–H and O–H groups in total. The van der Waals surface area contributed by atoms with Crippen molar-refractivity contribution in [2.45, 2.75) is 12.8 Å². The molecule has 0 aromatic heterocycles. The van der Waals surface area contributed by atoms with Crippen LogP contribution in [-0.4, -0.2) is 18.8 Å². The van der Waals surface area contributed by atoms with Gasteiger partial charge in [-0.3, -0.25) is 0 Å². The molecule has 0 aliphatic rings. The topological polar surface area (TPSA) is 33.3 Å². The molecule has 0 unspecified atom stereocenters. The molecule has 0 spiro atoms. The molecule has 2 rings (SSSR count). The van der Waals surface area contributed by atoms with Crippen molar-refractivity contribution in [3.63, 3.8) is 0 Å². The first-order valence-corrected chi connectivity index (χ1v) is 7.90. The molecule has 0 bridgehead atoms. The fraction of sp³-hybridized carbons (Fsp3) is 0.235. The lowest BCUT2D eigenvalue weighted by atomic mass is 10.1. The number of rotatable bonds is 6. The molecule has 0 aliphatic heterocycles. The van der Waals surface area contributed by atoms with Gasteiger partial charge in [0.2, 0.25) is 0 Å². The normalized spacial score (nSPS) is 10.1. The summed E-state index contributed by atoms with van der Waals surface area (Å²) in [4.78, 5) is 0. The molecule has 3 nitrogen and oxygen atoms in total. The summed E-state index contributed by atoms with van der Waals surface area (Å²) in [6, 6.07) is 15.5. The Morgan fingerprint density at radius 1 is 1.18 bits per heavy atom. The summed E-state index contributed by atoms with van der Waals surface area (Å²) in [5.41, 5.74) is 2.09. The number of anilines is 1. The van der Waals surface area contributed by atoms with Gasteiger partial charge in [-0.1, -0.05) is 35.9 Å². The first kappa shape index (κ1) is 16.6. The van der Waals surface area contributed by atoms with E-state index in [0.29, 0.717) is 10.1 Å². The van der Waals surface area contributed by atoms with Gasteiger partial charge in [-0.2, -0.15) is 0 Å². The lowest BCUT2D eigenvalue weighted by Crippen LogP contribution is -2.29. The molecule has 0 saturated heterocycles. The standard InChI is InChI=1S/C17H19ClN2OS/c1-21-16-10-3-2-6-13(16)7-5-11-19-17(22)20-15-9-4-8-14(18)12-15/h2-4,6,8-10,12H,5,7,11H2,1H3,(H2,19,20,22). The number of para-hydroxylation sites is 1. The minimum absolute atomic E-state index is 0.599. The minimum Gasteiger partial charge on any atom is -0.496 e. The van der Waals surface area contributed by atoms with Gasteiger partial charge in [-0.15, -0.1) is 0 Å². The Kier molecular flexibility index (Phi) is 6.49. The van der Waals surface area contributed by atoms with Crippen molar-refractivity contribution in [1.82, 2.24) is 5.32 Å². The van der Waals surface area contributed by atoms with Crippen molar-refractivity contribution < 1.29 is 4.74 Å². The number of hydrogen-bond acceptors (Lipinski definition) is 2. The summed E-state index contributed by atoms with van der Waals surface area (Å²) in [5.74, 6) is 0.933. The van der Waals surface area contributed by atoms with Crippen molar-refractivity contribution in [2.24, 2.45) is 0 Å². The average molecular weight is 335 g/mol. The van der Waals surface area contributed by atoms with E-state index in [1.165, 1.54) is 5.56 Å². The maximum absolute atomic E-state index is 5.94. The van der Waals surface area contributed by atoms with Crippen LogP contribution in [-0.2, 0) is 6.42 Å². The lowest BCUT2D eigenvalue weighted by molar-refractivity contribution is 0.409. The number of methoxy groups -OCH3 is 1. The number of hydrogen-bond donors (Lipinski definition) is 2. The molecule has 0 amide bonds. The van der Waals surface area contributed by atoms with E-state index in [0.717, 1.165) is 30.8 Å². The zero-order chi connectivity index (χ0) is 15.8. The first-order valence-electron chi connectivity index (χ1n) is 7.11. The Bertz CT molecular complexity index is 634. The third-order valence-corrected chi connectivity index (χ3v) is 3.66. The number of ether oxygens (including phenoxy) is 1. The van der Waals surface area contributed by atoms with E-state index >= 15 is 0 Å². The van der Waals surface area contributed by atoms with E-state index in [1.807, 2.05) is 42.5 Å². The highest BCUT2D eigenvalue weighted by atomic mass is 35.5. The second-order valence-electron chi connectivity index (χ2n) is 4.81. The molecule has 2 aromatic rings. The highest BCUT2D eigenvalue weighted by molar-refractivity contribution is 7.80. The summed E-state index contributed by atoms with van der Waals surface area (Å²) < 4.78 is 5.34. The third-order valence-electron chi connectivity index (χ3n) is 3.18. The van der Waals surface area contributed by atoms with Crippen LogP contribution in [0.2, 0.25) is 5.02 Å². The van der Waals surface area contributed by atoms with Crippen molar-refractivity contribution in [3.05, 3.63) is 59.1 Å². The highest BCUT2D eigenvalue weighted by Gasteiger charge is 2.02. The summed E-state index contributed by atoms with van der Waals surface area (Å²) in [6.07, 6.45) is 1.91. The van der Waals surface area contributed by atoms with Crippen LogP contribution in [0.4, 0.5) is 5.69 Å². The molecule has 0 radical (unpaired) electrons. The van der Waals surface area contributed by atoms with Crippen molar-refractivity contribution in [3.8, 4) is 5.75 Å². The van der Waals surface area contributed by atoms with Gasteiger partial charge in [0.05, 0.1) is 7.11 Å². The lowest BCUT2D eigenvalue weighted by Gasteiger charge is -2.11. The zero-order valence-electron chi connectivity index (χ0n) is 12.4. The zero-order valence-corrected chi connectivity index (χ0v) is 14.0. The average Bonchev–Trinajstić information content (AvgIpc) is 2.52. The Labute approximate surface area is 141 Å². The maximum Gasteiger partial charge on any atom is 0.170 e. The van der Waals surface area contributed by atoms with E-state index in [1.54, 1.807) is 7.11 Å². The first-order chi connectivity index (χ1) is 10.7. The van der Waals surface area contributed by atoms with Crippen LogP contribution < -0.4 is 15.4 Å². The number of benzene rings is 2. The van der Waals surface area contributed by atoms with Gasteiger partial charge in [0.1, 0.15) is 5.75 Å². The monoisotopic (exact) mass is 334 g/mol. The van der Waals surface area contributed by atoms with Crippen molar-refractivity contribution in [1.29, 1.82) is 0 Å². The number of nitrogens with one attached hydrogen (secondary N) is 2. The van der Waals surface area contributed by atoms with Crippen molar-refractivity contribution in [2.75, 3.05) is 19.0 Å². The van der Waals surface area contributed by atoms with Crippen LogP contribution in [0.1, 0.15) is 12.0 Å². The van der Waals surface area contributed by atoms with E-state index in [4.69, 9.17) is 28.6 Å². The Hall–Kier alpha value is -1.78. The second-order valence-corrected chi connectivity index (χ2v) is 5.65. The molecule has 0 aliphatic carbocycles. The molecule has 5 heteroatoms. The molecule has 2 aromatic carbocycles. The van der Waals surface area contributed by atoms with Crippen LogP contribution in [0.15, 0.2) is 48.5 Å². The van der Waals surface area contributed by atoms with Gasteiger partial charge in [0, 0.05) is 17.3 Å². The molecule has 0 fully saturated rings. The molecule has 116 valence electrons. The summed E-state index contributed by atoms with van der Waals surface area (Å²) in [6.45, 7) is 0.796. The predicted molar refractivity (Wildman–Crippen MR) is 97.0 cm³/mol. The molecule has 22 heavy (non-hydrogen) atoms. The summed E-state index contributed by atoms with van der Waals surface area (Å²) in [7, 11) is 1.70. The number of thiocarbonyl (C=S) groups is 1. The molecule has 0 atom stereocenters. The fourth-order valence-electron chi connectivity index (χ4n) is 2.13. The second kappa shape index (κ2) is 8.61. The fourth-order valence-corrected chi connectivity index (χ4v) is 2.54. The Morgan fingerprint density at radius 3 is 2.77 bits per heavy atom. The van der Waals surface area contributed by atoms with E-state index in [2.05, 4.69) is 16.7 Å². The van der Waals surface area contributed by atoms with Gasteiger partial charge in [-0.05, 0) is 54.9 Å². The Morgan fingerprint density at radius 2 is 2.00 bits per heavy atom. The van der Waals surface area contributed by atoms with Crippen LogP contribution in [0, 0.1) is 0 Å². The van der Waals surface area contributed by atoms with Gasteiger partial charge < -0.3 is 15.4 Å². The summed E-state index contributed by atoms with van der Waals surface area (Å²) in [5, 5.41) is 7.59. The Balaban J connectivity index is 1.73. The minimum atomic E-state index is 0.599.